The van der Waals surface area contributed by atoms with Gasteiger partial charge in [0.1, 0.15) is 0 Å². The van der Waals surface area contributed by atoms with Crippen LogP contribution in [0.1, 0.15) is 10.4 Å². The van der Waals surface area contributed by atoms with Crippen LogP contribution in [0.3, 0.4) is 0 Å². The minimum atomic E-state index is -0.0407. The predicted molar refractivity (Wildman–Crippen MR) is 70.5 cm³/mol. The number of carbonyl (C=O) groups excluding carboxylic acids is 1. The van der Waals surface area contributed by atoms with Crippen molar-refractivity contribution < 1.29 is 4.79 Å². The lowest BCUT2D eigenvalue weighted by atomic mass is 10.2. The summed E-state index contributed by atoms with van der Waals surface area (Å²) in [6, 6.07) is 1.59. The van der Waals surface area contributed by atoms with E-state index in [1.54, 1.807) is 6.07 Å². The van der Waals surface area contributed by atoms with Crippen molar-refractivity contribution in [3.05, 3.63) is 22.8 Å². The van der Waals surface area contributed by atoms with Crippen LogP contribution >= 0.6 is 11.6 Å². The lowest BCUT2D eigenvalue weighted by Crippen LogP contribution is -2.47. The lowest BCUT2D eigenvalue weighted by Gasteiger charge is -2.32. The summed E-state index contributed by atoms with van der Waals surface area (Å²) in [5.74, 6) is 5.56. The summed E-state index contributed by atoms with van der Waals surface area (Å²) in [6.45, 7) is 3.22. The van der Waals surface area contributed by atoms with E-state index in [0.717, 1.165) is 26.2 Å². The Balaban J connectivity index is 2.11. The summed E-state index contributed by atoms with van der Waals surface area (Å²) in [5, 5.41) is 0.345. The number of piperazine rings is 1. The number of nitrogens with zero attached hydrogens (tertiary/aromatic N) is 3. The molecular formula is C11H16ClN5O. The molecule has 0 spiro atoms. The number of nitrogens with one attached hydrogen (secondary N) is 1. The number of pyridine rings is 1. The van der Waals surface area contributed by atoms with Gasteiger partial charge >= 0.3 is 0 Å². The van der Waals surface area contributed by atoms with Crippen LogP contribution in [-0.4, -0.2) is 53.9 Å². The van der Waals surface area contributed by atoms with Crippen molar-refractivity contribution in [1.82, 2.24) is 14.8 Å². The zero-order valence-corrected chi connectivity index (χ0v) is 10.9. The zero-order valence-electron chi connectivity index (χ0n) is 10.2. The highest BCUT2D eigenvalue weighted by molar-refractivity contribution is 6.33. The summed E-state index contributed by atoms with van der Waals surface area (Å²) in [4.78, 5) is 20.2. The number of amides is 1. The molecule has 0 saturated carbocycles. The SMILES string of the molecule is CN1CCN(C(=O)c2cnc(NN)c(Cl)c2)CC1. The Labute approximate surface area is 111 Å². The van der Waals surface area contributed by atoms with E-state index < -0.39 is 0 Å². The highest BCUT2D eigenvalue weighted by Crippen LogP contribution is 2.20. The van der Waals surface area contributed by atoms with Gasteiger partial charge in [0, 0.05) is 32.4 Å². The fourth-order valence-corrected chi connectivity index (χ4v) is 2.07. The first kappa shape index (κ1) is 13.1. The smallest absolute Gasteiger partial charge is 0.255 e. The Kier molecular flexibility index (Phi) is 4.00. The second-order valence-corrected chi connectivity index (χ2v) is 4.70. The lowest BCUT2D eigenvalue weighted by molar-refractivity contribution is 0.0663. The number of rotatable bonds is 2. The fraction of sp³-hybridized carbons (Fsp3) is 0.455. The van der Waals surface area contributed by atoms with E-state index in [4.69, 9.17) is 17.4 Å². The number of nitrogens with two attached hydrogens (primary N) is 1. The second kappa shape index (κ2) is 5.51. The van der Waals surface area contributed by atoms with E-state index in [1.165, 1.54) is 6.20 Å². The first-order valence-corrected chi connectivity index (χ1v) is 6.09. The third kappa shape index (κ3) is 2.72. The molecule has 0 aliphatic carbocycles. The van der Waals surface area contributed by atoms with Crippen molar-refractivity contribution in [2.24, 2.45) is 5.84 Å². The molecule has 1 aliphatic heterocycles. The Bertz CT molecular complexity index is 445. The molecule has 6 nitrogen and oxygen atoms in total. The minimum absolute atomic E-state index is 0.0407. The van der Waals surface area contributed by atoms with E-state index >= 15 is 0 Å². The van der Waals surface area contributed by atoms with Gasteiger partial charge in [0.15, 0.2) is 5.82 Å². The molecule has 2 heterocycles. The monoisotopic (exact) mass is 269 g/mol. The van der Waals surface area contributed by atoms with Gasteiger partial charge in [-0.3, -0.25) is 4.79 Å². The van der Waals surface area contributed by atoms with Gasteiger partial charge in [-0.05, 0) is 13.1 Å². The van der Waals surface area contributed by atoms with Gasteiger partial charge in [-0.25, -0.2) is 10.8 Å². The first-order chi connectivity index (χ1) is 8.61. The van der Waals surface area contributed by atoms with Crippen LogP contribution in [0.15, 0.2) is 12.3 Å². The number of hydrazine groups is 1. The van der Waals surface area contributed by atoms with Crippen molar-refractivity contribution >= 4 is 23.3 Å². The zero-order chi connectivity index (χ0) is 13.1. The molecule has 1 aliphatic rings. The van der Waals surface area contributed by atoms with Gasteiger partial charge < -0.3 is 15.2 Å². The number of hydrogen-bond donors (Lipinski definition) is 2. The maximum Gasteiger partial charge on any atom is 0.255 e. The molecule has 1 aromatic rings. The van der Waals surface area contributed by atoms with Crippen LogP contribution in [0.25, 0.3) is 0 Å². The summed E-state index contributed by atoms with van der Waals surface area (Å²) in [7, 11) is 2.04. The number of halogens is 1. The number of hydrogen-bond acceptors (Lipinski definition) is 5. The maximum absolute atomic E-state index is 12.2. The van der Waals surface area contributed by atoms with Gasteiger partial charge in [0.25, 0.3) is 5.91 Å². The molecule has 1 saturated heterocycles. The van der Waals surface area contributed by atoms with Crippen LogP contribution in [0, 0.1) is 0 Å². The minimum Gasteiger partial charge on any atom is -0.336 e. The second-order valence-electron chi connectivity index (χ2n) is 4.29. The van der Waals surface area contributed by atoms with Gasteiger partial charge in [0.2, 0.25) is 0 Å². The van der Waals surface area contributed by atoms with Crippen LogP contribution in [0.5, 0.6) is 0 Å². The summed E-state index contributed by atoms with van der Waals surface area (Å²) in [6.07, 6.45) is 1.49. The largest absolute Gasteiger partial charge is 0.336 e. The average Bonchev–Trinajstić information content (AvgIpc) is 2.38. The molecular weight excluding hydrogens is 254 g/mol. The van der Waals surface area contributed by atoms with E-state index in [-0.39, 0.29) is 5.91 Å². The number of carbonyl (C=O) groups is 1. The Morgan fingerprint density at radius 2 is 2.11 bits per heavy atom. The topological polar surface area (TPSA) is 74.5 Å². The summed E-state index contributed by atoms with van der Waals surface area (Å²) < 4.78 is 0. The predicted octanol–water partition coefficient (Wildman–Crippen LogP) is 0.408. The standard InChI is InChI=1S/C11H16ClN5O/c1-16-2-4-17(5-3-16)11(18)8-6-9(12)10(15-13)14-7-8/h6-7H,2-5,13H2,1H3,(H,14,15). The molecule has 1 aromatic heterocycles. The van der Waals surface area contributed by atoms with E-state index in [0.29, 0.717) is 16.4 Å². The normalized spacial score (nSPS) is 16.7. The van der Waals surface area contributed by atoms with E-state index in [2.05, 4.69) is 15.3 Å². The summed E-state index contributed by atoms with van der Waals surface area (Å²) in [5.41, 5.74) is 2.86. The third-order valence-corrected chi connectivity index (χ3v) is 3.30. The molecule has 0 atom stereocenters. The molecule has 0 radical (unpaired) electrons. The quantitative estimate of drug-likeness (QED) is 0.601. The van der Waals surface area contributed by atoms with Gasteiger partial charge in [0.05, 0.1) is 10.6 Å². The highest BCUT2D eigenvalue weighted by atomic mass is 35.5. The molecule has 2 rings (SSSR count). The van der Waals surface area contributed by atoms with Crippen LogP contribution in [0.2, 0.25) is 5.02 Å². The first-order valence-electron chi connectivity index (χ1n) is 5.72. The van der Waals surface area contributed by atoms with Gasteiger partial charge in [-0.1, -0.05) is 11.6 Å². The van der Waals surface area contributed by atoms with Gasteiger partial charge in [-0.15, -0.1) is 0 Å². The molecule has 7 heteroatoms. The number of aromatic nitrogens is 1. The molecule has 3 N–H and O–H groups in total. The fourth-order valence-electron chi connectivity index (χ4n) is 1.85. The van der Waals surface area contributed by atoms with E-state index in [1.807, 2.05) is 11.9 Å². The number of nitrogen functional groups attached to an aromatic ring is 1. The molecule has 0 bridgehead atoms. The molecule has 18 heavy (non-hydrogen) atoms. The molecule has 0 unspecified atom stereocenters. The van der Waals surface area contributed by atoms with Crippen LogP contribution < -0.4 is 11.3 Å². The van der Waals surface area contributed by atoms with Crippen LogP contribution in [0.4, 0.5) is 5.82 Å². The highest BCUT2D eigenvalue weighted by Gasteiger charge is 2.21. The Hall–Kier alpha value is -1.37. The third-order valence-electron chi connectivity index (χ3n) is 3.02. The van der Waals surface area contributed by atoms with Gasteiger partial charge in [-0.2, -0.15) is 0 Å². The Morgan fingerprint density at radius 1 is 1.44 bits per heavy atom. The van der Waals surface area contributed by atoms with E-state index in [9.17, 15) is 4.79 Å². The van der Waals surface area contributed by atoms with Crippen molar-refractivity contribution in [1.29, 1.82) is 0 Å². The van der Waals surface area contributed by atoms with Crippen molar-refractivity contribution in [3.8, 4) is 0 Å². The molecule has 1 amide bonds. The van der Waals surface area contributed by atoms with Crippen molar-refractivity contribution in [2.75, 3.05) is 38.7 Å². The van der Waals surface area contributed by atoms with Crippen molar-refractivity contribution in [2.45, 2.75) is 0 Å². The molecule has 0 aromatic carbocycles. The molecule has 1 fully saturated rings. The number of anilines is 1. The summed E-state index contributed by atoms with van der Waals surface area (Å²) >= 11 is 5.95. The van der Waals surface area contributed by atoms with Crippen LogP contribution in [-0.2, 0) is 0 Å². The Morgan fingerprint density at radius 3 is 2.67 bits per heavy atom. The average molecular weight is 270 g/mol. The molecule has 98 valence electrons. The number of likely N-dealkylation sites (N-methyl/N-ethyl adjacent to an activating group) is 1. The maximum atomic E-state index is 12.2. The van der Waals surface area contributed by atoms with Crippen molar-refractivity contribution in [3.63, 3.8) is 0 Å².